The quantitative estimate of drug-likeness (QED) is 0.921. The third kappa shape index (κ3) is 2.70. The van der Waals surface area contributed by atoms with E-state index in [2.05, 4.69) is 4.98 Å². The average molecular weight is 259 g/mol. The van der Waals surface area contributed by atoms with E-state index in [0.717, 1.165) is 0 Å². The van der Waals surface area contributed by atoms with Crippen LogP contribution in [0.4, 0.5) is 15.8 Å². The Morgan fingerprint density at radius 3 is 2.74 bits per heavy atom. The monoisotopic (exact) mass is 259 g/mol. The van der Waals surface area contributed by atoms with Crippen LogP contribution in [0.3, 0.4) is 0 Å². The largest absolute Gasteiger partial charge is 0.399 e. The number of benzene rings is 1. The normalized spacial score (nSPS) is 10.2. The fourth-order valence-corrected chi connectivity index (χ4v) is 1.80. The summed E-state index contributed by atoms with van der Waals surface area (Å²) in [5.41, 5.74) is 6.50. The minimum absolute atomic E-state index is 0.199. The first-order chi connectivity index (χ1) is 9.13. The van der Waals surface area contributed by atoms with Gasteiger partial charge in [-0.05, 0) is 31.2 Å². The van der Waals surface area contributed by atoms with Crippen LogP contribution in [0.5, 0.6) is 0 Å². The lowest BCUT2D eigenvalue weighted by atomic mass is 10.2. The van der Waals surface area contributed by atoms with E-state index in [1.807, 2.05) is 0 Å². The predicted octanol–water partition coefficient (Wildman–Crippen LogP) is 2.47. The van der Waals surface area contributed by atoms with Crippen molar-refractivity contribution in [2.45, 2.75) is 6.92 Å². The van der Waals surface area contributed by atoms with Crippen LogP contribution < -0.4 is 10.6 Å². The number of hydrogen-bond acceptors (Lipinski definition) is 3. The van der Waals surface area contributed by atoms with E-state index in [-0.39, 0.29) is 17.3 Å². The minimum Gasteiger partial charge on any atom is -0.399 e. The number of para-hydroxylation sites is 1. The molecule has 0 atom stereocenters. The maximum atomic E-state index is 13.7. The standard InChI is InChI=1S/C14H14FN3O/c1-2-18(13-6-4-3-5-11(13)15)14(19)12-9-10(16)7-8-17-12/h3-9H,2H2,1H3,(H2,16,17). The molecule has 1 heterocycles. The van der Waals surface area contributed by atoms with Crippen LogP contribution in [-0.4, -0.2) is 17.4 Å². The van der Waals surface area contributed by atoms with Crippen LogP contribution in [0.2, 0.25) is 0 Å². The fourth-order valence-electron chi connectivity index (χ4n) is 1.80. The molecule has 1 amide bonds. The van der Waals surface area contributed by atoms with E-state index in [1.165, 1.54) is 23.2 Å². The molecule has 0 unspecified atom stereocenters. The first-order valence-electron chi connectivity index (χ1n) is 5.91. The maximum Gasteiger partial charge on any atom is 0.277 e. The zero-order chi connectivity index (χ0) is 13.8. The Morgan fingerprint density at radius 1 is 1.37 bits per heavy atom. The fraction of sp³-hybridized carbons (Fsp3) is 0.143. The van der Waals surface area contributed by atoms with Crippen LogP contribution in [-0.2, 0) is 0 Å². The molecule has 0 saturated carbocycles. The van der Waals surface area contributed by atoms with Crippen molar-refractivity contribution in [1.29, 1.82) is 0 Å². The second-order valence-corrected chi connectivity index (χ2v) is 3.98. The molecular formula is C14H14FN3O. The number of nitrogen functional groups attached to an aromatic ring is 1. The SMILES string of the molecule is CCN(C(=O)c1cc(N)ccn1)c1ccccc1F. The summed E-state index contributed by atoms with van der Waals surface area (Å²) in [6, 6.07) is 9.21. The Hall–Kier alpha value is -2.43. The highest BCUT2D eigenvalue weighted by Gasteiger charge is 2.19. The molecule has 0 fully saturated rings. The minimum atomic E-state index is -0.443. The van der Waals surface area contributed by atoms with Crippen molar-refractivity contribution in [3.8, 4) is 0 Å². The van der Waals surface area contributed by atoms with Gasteiger partial charge >= 0.3 is 0 Å². The zero-order valence-corrected chi connectivity index (χ0v) is 10.5. The molecule has 0 spiro atoms. The Kier molecular flexibility index (Phi) is 3.75. The molecule has 0 aliphatic carbocycles. The summed E-state index contributed by atoms with van der Waals surface area (Å²) < 4.78 is 13.7. The number of aromatic nitrogens is 1. The number of anilines is 2. The van der Waals surface area contributed by atoms with E-state index in [9.17, 15) is 9.18 Å². The van der Waals surface area contributed by atoms with Crippen molar-refractivity contribution in [2.24, 2.45) is 0 Å². The number of nitrogens with two attached hydrogens (primary N) is 1. The third-order valence-electron chi connectivity index (χ3n) is 2.71. The molecule has 1 aromatic heterocycles. The summed E-state index contributed by atoms with van der Waals surface area (Å²) >= 11 is 0. The highest BCUT2D eigenvalue weighted by Crippen LogP contribution is 2.20. The summed E-state index contributed by atoms with van der Waals surface area (Å²) in [5.74, 6) is -0.818. The molecule has 4 nitrogen and oxygen atoms in total. The van der Waals surface area contributed by atoms with Crippen molar-refractivity contribution in [3.63, 3.8) is 0 Å². The van der Waals surface area contributed by atoms with Gasteiger partial charge in [-0.2, -0.15) is 0 Å². The lowest BCUT2D eigenvalue weighted by Crippen LogP contribution is -2.32. The number of amides is 1. The number of halogens is 1. The van der Waals surface area contributed by atoms with Gasteiger partial charge < -0.3 is 10.6 Å². The smallest absolute Gasteiger partial charge is 0.277 e. The Morgan fingerprint density at radius 2 is 2.11 bits per heavy atom. The maximum absolute atomic E-state index is 13.7. The van der Waals surface area contributed by atoms with Crippen LogP contribution in [0.1, 0.15) is 17.4 Å². The van der Waals surface area contributed by atoms with Crippen LogP contribution in [0.15, 0.2) is 42.6 Å². The predicted molar refractivity (Wildman–Crippen MR) is 72.4 cm³/mol. The van der Waals surface area contributed by atoms with Crippen molar-refractivity contribution in [3.05, 3.63) is 54.1 Å². The highest BCUT2D eigenvalue weighted by atomic mass is 19.1. The number of pyridine rings is 1. The molecule has 0 radical (unpaired) electrons. The van der Waals surface area contributed by atoms with E-state index >= 15 is 0 Å². The van der Waals surface area contributed by atoms with Gasteiger partial charge in [-0.1, -0.05) is 12.1 Å². The number of rotatable bonds is 3. The number of carbonyl (C=O) groups excluding carboxylic acids is 1. The average Bonchev–Trinajstić information content (AvgIpc) is 2.41. The van der Waals surface area contributed by atoms with Crippen LogP contribution in [0, 0.1) is 5.82 Å². The number of nitrogens with zero attached hydrogens (tertiary/aromatic N) is 2. The summed E-state index contributed by atoms with van der Waals surface area (Å²) in [7, 11) is 0. The van der Waals surface area contributed by atoms with Gasteiger partial charge in [0.2, 0.25) is 0 Å². The Labute approximate surface area is 110 Å². The van der Waals surface area contributed by atoms with E-state index in [4.69, 9.17) is 5.73 Å². The lowest BCUT2D eigenvalue weighted by molar-refractivity contribution is 0.0982. The molecule has 1 aromatic carbocycles. The molecule has 98 valence electrons. The van der Waals surface area contributed by atoms with Gasteiger partial charge in [0, 0.05) is 18.4 Å². The van der Waals surface area contributed by atoms with E-state index in [1.54, 1.807) is 31.2 Å². The van der Waals surface area contributed by atoms with Gasteiger partial charge in [-0.25, -0.2) is 4.39 Å². The molecule has 2 rings (SSSR count). The third-order valence-corrected chi connectivity index (χ3v) is 2.71. The summed E-state index contributed by atoms with van der Waals surface area (Å²) in [5, 5.41) is 0. The molecule has 5 heteroatoms. The van der Waals surface area contributed by atoms with Crippen molar-refractivity contribution in [1.82, 2.24) is 4.98 Å². The Bertz CT molecular complexity index is 601. The molecule has 2 aromatic rings. The molecular weight excluding hydrogens is 245 g/mol. The molecule has 0 bridgehead atoms. The highest BCUT2D eigenvalue weighted by molar-refractivity contribution is 6.05. The molecule has 19 heavy (non-hydrogen) atoms. The zero-order valence-electron chi connectivity index (χ0n) is 10.5. The lowest BCUT2D eigenvalue weighted by Gasteiger charge is -2.21. The van der Waals surface area contributed by atoms with Gasteiger partial charge in [0.1, 0.15) is 11.5 Å². The molecule has 2 N–H and O–H groups in total. The molecule has 0 aliphatic rings. The topological polar surface area (TPSA) is 59.2 Å². The second kappa shape index (κ2) is 5.48. The van der Waals surface area contributed by atoms with Gasteiger partial charge in [0.25, 0.3) is 5.91 Å². The summed E-state index contributed by atoms with van der Waals surface area (Å²) in [4.78, 5) is 17.6. The van der Waals surface area contributed by atoms with Crippen LogP contribution in [0.25, 0.3) is 0 Å². The molecule has 0 saturated heterocycles. The van der Waals surface area contributed by atoms with Gasteiger partial charge in [0.15, 0.2) is 0 Å². The van der Waals surface area contributed by atoms with E-state index < -0.39 is 5.82 Å². The van der Waals surface area contributed by atoms with Gasteiger partial charge in [0.05, 0.1) is 5.69 Å². The van der Waals surface area contributed by atoms with Crippen molar-refractivity contribution in [2.75, 3.05) is 17.2 Å². The molecule has 0 aliphatic heterocycles. The summed E-state index contributed by atoms with van der Waals surface area (Å²) in [6.45, 7) is 2.12. The van der Waals surface area contributed by atoms with Crippen LogP contribution >= 0.6 is 0 Å². The van der Waals surface area contributed by atoms with Gasteiger partial charge in [-0.3, -0.25) is 9.78 Å². The second-order valence-electron chi connectivity index (χ2n) is 3.98. The Balaban J connectivity index is 2.38. The number of hydrogen-bond donors (Lipinski definition) is 1. The first kappa shape index (κ1) is 13.0. The first-order valence-corrected chi connectivity index (χ1v) is 5.91. The van der Waals surface area contributed by atoms with Gasteiger partial charge in [-0.15, -0.1) is 0 Å². The van der Waals surface area contributed by atoms with E-state index in [0.29, 0.717) is 12.2 Å². The van der Waals surface area contributed by atoms with Crippen molar-refractivity contribution < 1.29 is 9.18 Å². The number of carbonyl (C=O) groups is 1. The van der Waals surface area contributed by atoms with Crippen molar-refractivity contribution >= 4 is 17.3 Å². The summed E-state index contributed by atoms with van der Waals surface area (Å²) in [6.07, 6.45) is 1.46.